The lowest BCUT2D eigenvalue weighted by Gasteiger charge is -2.31. The van der Waals surface area contributed by atoms with Crippen LogP contribution in [0.1, 0.15) is 43.0 Å². The predicted molar refractivity (Wildman–Crippen MR) is 108 cm³/mol. The Morgan fingerprint density at radius 1 is 1.24 bits per heavy atom. The summed E-state index contributed by atoms with van der Waals surface area (Å²) in [6, 6.07) is 4.08. The molecule has 5 rings (SSSR count). The summed E-state index contributed by atoms with van der Waals surface area (Å²) in [4.78, 5) is 11.4. The molecule has 33 heavy (non-hydrogen) atoms. The van der Waals surface area contributed by atoms with E-state index in [2.05, 4.69) is 15.0 Å². The van der Waals surface area contributed by atoms with Crippen molar-refractivity contribution in [3.8, 4) is 11.5 Å². The summed E-state index contributed by atoms with van der Waals surface area (Å²) in [5.74, 6) is -3.02. The number of nitrogen functional groups attached to an aromatic ring is 1. The topological polar surface area (TPSA) is 119 Å². The van der Waals surface area contributed by atoms with Crippen LogP contribution in [0.25, 0.3) is 11.0 Å². The van der Waals surface area contributed by atoms with E-state index in [0.29, 0.717) is 11.1 Å². The van der Waals surface area contributed by atoms with Gasteiger partial charge in [0.15, 0.2) is 17.2 Å². The first-order chi connectivity index (χ1) is 15.5. The zero-order valence-corrected chi connectivity index (χ0v) is 17.5. The first-order valence-electron chi connectivity index (χ1n) is 10.0. The smallest absolute Gasteiger partial charge is 0.417 e. The van der Waals surface area contributed by atoms with Crippen LogP contribution in [0.15, 0.2) is 24.4 Å². The fourth-order valence-electron chi connectivity index (χ4n) is 4.57. The van der Waals surface area contributed by atoms with Crippen LogP contribution in [-0.4, -0.2) is 39.4 Å². The van der Waals surface area contributed by atoms with Gasteiger partial charge in [-0.05, 0) is 19.1 Å². The molecule has 0 amide bonds. The zero-order chi connectivity index (χ0) is 23.7. The highest BCUT2D eigenvalue weighted by Crippen LogP contribution is 2.60. The van der Waals surface area contributed by atoms with Crippen LogP contribution >= 0.6 is 0 Å². The number of aromatic nitrogens is 3. The number of amidine groups is 1. The maximum Gasteiger partial charge on any atom is 0.417 e. The van der Waals surface area contributed by atoms with Gasteiger partial charge in [0.2, 0.25) is 12.5 Å². The Bertz CT molecular complexity index is 1280. The van der Waals surface area contributed by atoms with Gasteiger partial charge in [0.25, 0.3) is 0 Å². The summed E-state index contributed by atoms with van der Waals surface area (Å²) in [5, 5.41) is 7.71. The third-order valence-electron chi connectivity index (χ3n) is 6.47. The van der Waals surface area contributed by atoms with Gasteiger partial charge >= 0.3 is 6.18 Å². The lowest BCUT2D eigenvalue weighted by molar-refractivity contribution is -0.275. The third-order valence-corrected chi connectivity index (χ3v) is 6.47. The first kappa shape index (κ1) is 21.4. The number of hydrogen-bond donors (Lipinski definition) is 3. The first-order valence-corrected chi connectivity index (χ1v) is 10.0. The van der Waals surface area contributed by atoms with Gasteiger partial charge in [-0.15, -0.1) is 0 Å². The number of fused-ring (bicyclic) bond motifs is 2. The number of nitrogens with one attached hydrogen (secondary N) is 2. The number of H-pyrrole nitrogens is 1. The number of aromatic amines is 1. The molecule has 4 heterocycles. The molecule has 1 fully saturated rings. The molecule has 12 heteroatoms. The van der Waals surface area contributed by atoms with E-state index in [1.807, 2.05) is 0 Å². The number of nitrogens with two attached hydrogens (primary N) is 1. The van der Waals surface area contributed by atoms with E-state index in [9.17, 15) is 17.6 Å². The number of halogens is 4. The van der Waals surface area contributed by atoms with Gasteiger partial charge < -0.3 is 24.9 Å². The lowest BCUT2D eigenvalue weighted by Crippen LogP contribution is -2.46. The molecule has 174 valence electrons. The quantitative estimate of drug-likeness (QED) is 0.307. The van der Waals surface area contributed by atoms with Crippen molar-refractivity contribution in [2.24, 2.45) is 11.7 Å². The minimum atomic E-state index is -4.70. The summed E-state index contributed by atoms with van der Waals surface area (Å²) in [5.41, 5.74) is 4.14. The maximum atomic E-state index is 14.2. The van der Waals surface area contributed by atoms with E-state index < -0.39 is 35.5 Å². The Hall–Kier alpha value is -3.41. The lowest BCUT2D eigenvalue weighted by atomic mass is 9.77. The molecule has 2 aliphatic rings. The Morgan fingerprint density at radius 3 is 2.67 bits per heavy atom. The van der Waals surface area contributed by atoms with Crippen LogP contribution < -0.4 is 15.2 Å². The van der Waals surface area contributed by atoms with E-state index in [-0.39, 0.29) is 41.2 Å². The molecule has 8 nitrogen and oxygen atoms in total. The number of benzene rings is 1. The van der Waals surface area contributed by atoms with Gasteiger partial charge in [0.1, 0.15) is 29.0 Å². The molecule has 1 saturated heterocycles. The molecule has 0 unspecified atom stereocenters. The third kappa shape index (κ3) is 3.04. The highest BCUT2D eigenvalue weighted by Gasteiger charge is 2.65. The van der Waals surface area contributed by atoms with E-state index in [0.717, 1.165) is 13.0 Å². The normalized spacial score (nSPS) is 26.8. The average molecular weight is 465 g/mol. The van der Waals surface area contributed by atoms with E-state index >= 15 is 0 Å². The zero-order valence-electron chi connectivity index (χ0n) is 17.5. The number of imidazole rings is 1. The Labute approximate surface area is 184 Å². The molecule has 0 radical (unpaired) electrons. The SMILES string of the molecule is C[C@H]1[C@@H](c2ccc(F)c3c2OCO3)[C@H](c2nc3c(C(=N)N)nccc3[nH]2)O[C@@]1(C)C(F)(F)F. The van der Waals surface area contributed by atoms with Gasteiger partial charge in [-0.2, -0.15) is 13.2 Å². The Kier molecular flexibility index (Phi) is 4.57. The molecule has 2 aromatic heterocycles. The molecular formula is C21H19F4N5O3. The van der Waals surface area contributed by atoms with Gasteiger partial charge in [-0.3, -0.25) is 10.4 Å². The number of ether oxygens (including phenoxy) is 3. The molecular weight excluding hydrogens is 446 g/mol. The summed E-state index contributed by atoms with van der Waals surface area (Å²) in [7, 11) is 0. The van der Waals surface area contributed by atoms with E-state index in [4.69, 9.17) is 25.4 Å². The van der Waals surface area contributed by atoms with Crippen molar-refractivity contribution in [3.63, 3.8) is 0 Å². The second kappa shape index (κ2) is 7.04. The van der Waals surface area contributed by atoms with Crippen LogP contribution in [-0.2, 0) is 4.74 Å². The molecule has 0 aliphatic carbocycles. The second-order valence-electron chi connectivity index (χ2n) is 8.25. The Balaban J connectivity index is 1.70. The fourth-order valence-corrected chi connectivity index (χ4v) is 4.57. The fraction of sp³-hybridized carbons (Fsp3) is 0.381. The molecule has 4 N–H and O–H groups in total. The van der Waals surface area contributed by atoms with Crippen molar-refractivity contribution in [1.82, 2.24) is 15.0 Å². The minimum absolute atomic E-state index is 0.0501. The number of hydrogen-bond acceptors (Lipinski definition) is 6. The molecule has 1 aromatic carbocycles. The number of nitrogens with zero attached hydrogens (tertiary/aromatic N) is 2. The van der Waals surface area contributed by atoms with Crippen molar-refractivity contribution < 1.29 is 31.8 Å². The maximum absolute atomic E-state index is 14.2. The highest BCUT2D eigenvalue weighted by molar-refractivity contribution is 6.03. The summed E-state index contributed by atoms with van der Waals surface area (Å²) in [6.45, 7) is 2.16. The number of pyridine rings is 1. The van der Waals surface area contributed by atoms with Gasteiger partial charge in [-0.1, -0.05) is 13.0 Å². The van der Waals surface area contributed by atoms with Gasteiger partial charge in [0.05, 0.1) is 5.52 Å². The van der Waals surface area contributed by atoms with Crippen molar-refractivity contribution in [1.29, 1.82) is 5.41 Å². The van der Waals surface area contributed by atoms with E-state index in [1.54, 1.807) is 6.07 Å². The van der Waals surface area contributed by atoms with Crippen molar-refractivity contribution in [3.05, 3.63) is 47.3 Å². The molecule has 0 saturated carbocycles. The average Bonchev–Trinajstić information content (AvgIpc) is 3.45. The summed E-state index contributed by atoms with van der Waals surface area (Å²) in [6.07, 6.45) is -4.48. The molecule has 2 aliphatic heterocycles. The number of rotatable bonds is 3. The molecule has 0 bridgehead atoms. The highest BCUT2D eigenvalue weighted by atomic mass is 19.4. The van der Waals surface area contributed by atoms with Crippen LogP contribution in [0.4, 0.5) is 17.6 Å². The van der Waals surface area contributed by atoms with Crippen LogP contribution in [0, 0.1) is 17.1 Å². The molecule has 4 atom stereocenters. The van der Waals surface area contributed by atoms with Crippen molar-refractivity contribution >= 4 is 16.9 Å². The monoisotopic (exact) mass is 465 g/mol. The standard InChI is InChI=1S/C21H19F4N5O3/c1-8-12(9-3-4-10(22)16-15(9)31-7-32-16)17(33-20(8,2)21(23,24)25)19-29-11-5-6-28-14(18(26)27)13(11)30-19/h3-6,8,12,17H,7H2,1-2H3,(H3,26,27)(H,29,30)/t8-,12-,17+,20+/m0/s1. The van der Waals surface area contributed by atoms with Crippen molar-refractivity contribution in [2.45, 2.75) is 37.6 Å². The van der Waals surface area contributed by atoms with Gasteiger partial charge in [-0.25, -0.2) is 9.37 Å². The van der Waals surface area contributed by atoms with Crippen molar-refractivity contribution in [2.75, 3.05) is 6.79 Å². The summed E-state index contributed by atoms with van der Waals surface area (Å²) < 4.78 is 73.0. The molecule has 0 spiro atoms. The Morgan fingerprint density at radius 2 is 1.97 bits per heavy atom. The second-order valence-corrected chi connectivity index (χ2v) is 8.25. The van der Waals surface area contributed by atoms with Crippen LogP contribution in [0.5, 0.6) is 11.5 Å². The predicted octanol–water partition coefficient (Wildman–Crippen LogP) is 3.92. The molecule has 3 aromatic rings. The minimum Gasteiger partial charge on any atom is -0.453 e. The summed E-state index contributed by atoms with van der Waals surface area (Å²) >= 11 is 0. The largest absolute Gasteiger partial charge is 0.453 e. The van der Waals surface area contributed by atoms with Crippen LogP contribution in [0.2, 0.25) is 0 Å². The number of alkyl halides is 3. The van der Waals surface area contributed by atoms with Crippen LogP contribution in [0.3, 0.4) is 0 Å². The van der Waals surface area contributed by atoms with Gasteiger partial charge in [0, 0.05) is 23.6 Å². The van der Waals surface area contributed by atoms with E-state index in [1.165, 1.54) is 19.2 Å².